The molecule has 1 N–H and O–H groups in total. The molecular formula is C13H21FN2O. The second kappa shape index (κ2) is 7.25. The van der Waals surface area contributed by atoms with E-state index in [9.17, 15) is 4.39 Å². The number of halogens is 1. The molecule has 17 heavy (non-hydrogen) atoms. The zero-order chi connectivity index (χ0) is 12.7. The Morgan fingerprint density at radius 2 is 2.24 bits per heavy atom. The number of likely N-dealkylation sites (N-methyl/N-ethyl adjacent to an activating group) is 2. The van der Waals surface area contributed by atoms with E-state index in [1.807, 2.05) is 13.1 Å². The smallest absolute Gasteiger partial charge is 0.125 e. The Bertz CT molecular complexity index is 333. The summed E-state index contributed by atoms with van der Waals surface area (Å²) in [6.45, 7) is 4.34. The van der Waals surface area contributed by atoms with E-state index in [1.165, 1.54) is 6.07 Å². The minimum atomic E-state index is -0.200. The van der Waals surface area contributed by atoms with Crippen molar-refractivity contribution in [1.29, 1.82) is 0 Å². The second-order valence-corrected chi connectivity index (χ2v) is 3.96. The van der Waals surface area contributed by atoms with Crippen molar-refractivity contribution in [2.45, 2.75) is 13.0 Å². The summed E-state index contributed by atoms with van der Waals surface area (Å²) < 4.78 is 18.3. The lowest BCUT2D eigenvalue weighted by atomic mass is 10.2. The molecule has 1 aromatic carbocycles. The summed E-state index contributed by atoms with van der Waals surface area (Å²) in [6.07, 6.45) is 0. The number of nitrogens with one attached hydrogen (secondary N) is 1. The topological polar surface area (TPSA) is 24.5 Å². The zero-order valence-corrected chi connectivity index (χ0v) is 10.7. The van der Waals surface area contributed by atoms with E-state index in [4.69, 9.17) is 4.74 Å². The number of ether oxygens (including phenoxy) is 1. The van der Waals surface area contributed by atoms with Gasteiger partial charge < -0.3 is 15.0 Å². The molecule has 0 spiro atoms. The molecule has 1 unspecified atom stereocenters. The van der Waals surface area contributed by atoms with E-state index in [1.54, 1.807) is 19.2 Å². The second-order valence-electron chi connectivity index (χ2n) is 3.96. The predicted octanol–water partition coefficient (Wildman–Crippen LogP) is 1.89. The van der Waals surface area contributed by atoms with Crippen LogP contribution in [0.25, 0.3) is 0 Å². The highest BCUT2D eigenvalue weighted by molar-refractivity contribution is 5.46. The van der Waals surface area contributed by atoms with Crippen LogP contribution >= 0.6 is 0 Å². The molecule has 0 heterocycles. The zero-order valence-electron chi connectivity index (χ0n) is 10.7. The first kappa shape index (κ1) is 13.9. The molecule has 1 rings (SSSR count). The molecule has 0 aliphatic heterocycles. The lowest BCUT2D eigenvalue weighted by Crippen LogP contribution is -2.42. The van der Waals surface area contributed by atoms with E-state index >= 15 is 0 Å². The van der Waals surface area contributed by atoms with Crippen molar-refractivity contribution < 1.29 is 9.13 Å². The molecule has 96 valence electrons. The highest BCUT2D eigenvalue weighted by Gasteiger charge is 2.12. The Kier molecular flexibility index (Phi) is 5.94. The molecule has 0 bridgehead atoms. The summed E-state index contributed by atoms with van der Waals surface area (Å²) >= 11 is 0. The summed E-state index contributed by atoms with van der Waals surface area (Å²) in [5, 5.41) is 3.19. The summed E-state index contributed by atoms with van der Waals surface area (Å²) in [7, 11) is 3.59. The first-order valence-electron chi connectivity index (χ1n) is 5.88. The first-order valence-corrected chi connectivity index (χ1v) is 5.88. The fourth-order valence-corrected chi connectivity index (χ4v) is 1.78. The lowest BCUT2D eigenvalue weighted by Gasteiger charge is -2.28. The summed E-state index contributed by atoms with van der Waals surface area (Å²) in [4.78, 5) is 2.13. The van der Waals surface area contributed by atoms with E-state index in [0.29, 0.717) is 6.61 Å². The number of methoxy groups -OCH3 is 1. The van der Waals surface area contributed by atoms with Gasteiger partial charge in [-0.2, -0.15) is 0 Å². The van der Waals surface area contributed by atoms with Gasteiger partial charge in [-0.1, -0.05) is 6.07 Å². The van der Waals surface area contributed by atoms with Gasteiger partial charge in [0, 0.05) is 31.9 Å². The quantitative estimate of drug-likeness (QED) is 0.787. The summed E-state index contributed by atoms with van der Waals surface area (Å²) in [6, 6.07) is 6.91. The third kappa shape index (κ3) is 4.32. The molecule has 1 atom stereocenters. The van der Waals surface area contributed by atoms with Gasteiger partial charge in [-0.05, 0) is 32.2 Å². The van der Waals surface area contributed by atoms with Crippen molar-refractivity contribution in [1.82, 2.24) is 5.32 Å². The molecule has 1 aromatic rings. The van der Waals surface area contributed by atoms with E-state index in [2.05, 4.69) is 17.1 Å². The number of rotatable bonds is 7. The van der Waals surface area contributed by atoms with Crippen LogP contribution < -0.4 is 10.2 Å². The fourth-order valence-electron chi connectivity index (χ4n) is 1.78. The molecule has 0 aliphatic carbocycles. The van der Waals surface area contributed by atoms with Crippen molar-refractivity contribution in [3.8, 4) is 0 Å². The minimum absolute atomic E-state index is 0.200. The third-order valence-corrected chi connectivity index (χ3v) is 2.77. The summed E-state index contributed by atoms with van der Waals surface area (Å²) in [5.41, 5.74) is 0.906. The largest absolute Gasteiger partial charge is 0.383 e. The maximum absolute atomic E-state index is 13.2. The van der Waals surface area contributed by atoms with Crippen LogP contribution in [-0.4, -0.2) is 39.9 Å². The van der Waals surface area contributed by atoms with Crippen molar-refractivity contribution in [3.05, 3.63) is 30.1 Å². The predicted molar refractivity (Wildman–Crippen MR) is 69.0 cm³/mol. The fraction of sp³-hybridized carbons (Fsp3) is 0.538. The van der Waals surface area contributed by atoms with E-state index < -0.39 is 0 Å². The van der Waals surface area contributed by atoms with E-state index in [-0.39, 0.29) is 11.9 Å². The number of benzene rings is 1. The molecule has 0 radical (unpaired) electrons. The molecule has 0 amide bonds. The molecule has 0 aliphatic rings. The third-order valence-electron chi connectivity index (χ3n) is 2.77. The Morgan fingerprint density at radius 1 is 1.47 bits per heavy atom. The van der Waals surface area contributed by atoms with Gasteiger partial charge in [0.15, 0.2) is 0 Å². The van der Waals surface area contributed by atoms with Crippen molar-refractivity contribution in [2.24, 2.45) is 0 Å². The number of hydrogen-bond acceptors (Lipinski definition) is 3. The first-order chi connectivity index (χ1) is 8.21. The van der Waals surface area contributed by atoms with Gasteiger partial charge in [0.25, 0.3) is 0 Å². The van der Waals surface area contributed by atoms with Gasteiger partial charge in [0.05, 0.1) is 6.61 Å². The number of nitrogens with zero attached hydrogens (tertiary/aromatic N) is 1. The van der Waals surface area contributed by atoms with Crippen LogP contribution in [0, 0.1) is 5.82 Å². The van der Waals surface area contributed by atoms with Crippen LogP contribution in [0.5, 0.6) is 0 Å². The van der Waals surface area contributed by atoms with E-state index in [0.717, 1.165) is 18.8 Å². The molecule has 0 saturated carbocycles. The van der Waals surface area contributed by atoms with Gasteiger partial charge in [-0.3, -0.25) is 0 Å². The van der Waals surface area contributed by atoms with Crippen LogP contribution in [0.1, 0.15) is 6.92 Å². The van der Waals surface area contributed by atoms with Gasteiger partial charge in [0.2, 0.25) is 0 Å². The normalized spacial score (nSPS) is 12.5. The molecule has 3 nitrogen and oxygen atoms in total. The average Bonchev–Trinajstić information content (AvgIpc) is 2.34. The van der Waals surface area contributed by atoms with Crippen LogP contribution in [0.4, 0.5) is 10.1 Å². The standard InChI is InChI=1S/C13H21FN2O/c1-4-16(9-12(15-2)10-17-3)13-7-5-6-11(14)8-13/h5-8,12,15H,4,9-10H2,1-3H3. The lowest BCUT2D eigenvalue weighted by molar-refractivity contribution is 0.171. The van der Waals surface area contributed by atoms with Crippen molar-refractivity contribution >= 4 is 5.69 Å². The SMILES string of the molecule is CCN(CC(COC)NC)c1cccc(F)c1. The van der Waals surface area contributed by atoms with Gasteiger partial charge >= 0.3 is 0 Å². The van der Waals surface area contributed by atoms with Gasteiger partial charge in [-0.15, -0.1) is 0 Å². The van der Waals surface area contributed by atoms with Gasteiger partial charge in [-0.25, -0.2) is 4.39 Å². The molecule has 4 heteroatoms. The highest BCUT2D eigenvalue weighted by atomic mass is 19.1. The number of hydrogen-bond donors (Lipinski definition) is 1. The Morgan fingerprint density at radius 3 is 2.76 bits per heavy atom. The highest BCUT2D eigenvalue weighted by Crippen LogP contribution is 2.15. The Balaban J connectivity index is 2.70. The molecule has 0 saturated heterocycles. The van der Waals surface area contributed by atoms with Crippen LogP contribution in [0.2, 0.25) is 0 Å². The van der Waals surface area contributed by atoms with Crippen LogP contribution in [0.3, 0.4) is 0 Å². The molecule has 0 fully saturated rings. The monoisotopic (exact) mass is 240 g/mol. The van der Waals surface area contributed by atoms with Gasteiger partial charge in [0.1, 0.15) is 5.82 Å². The minimum Gasteiger partial charge on any atom is -0.383 e. The van der Waals surface area contributed by atoms with Crippen molar-refractivity contribution in [2.75, 3.05) is 38.8 Å². The van der Waals surface area contributed by atoms with Crippen molar-refractivity contribution in [3.63, 3.8) is 0 Å². The maximum Gasteiger partial charge on any atom is 0.125 e. The Hall–Kier alpha value is -1.13. The van der Waals surface area contributed by atoms with Crippen LogP contribution in [-0.2, 0) is 4.74 Å². The Labute approximate surface area is 103 Å². The average molecular weight is 240 g/mol. The number of anilines is 1. The van der Waals surface area contributed by atoms with Crippen LogP contribution in [0.15, 0.2) is 24.3 Å². The summed E-state index contributed by atoms with van der Waals surface area (Å²) in [5.74, 6) is -0.200. The molecule has 0 aromatic heterocycles. The maximum atomic E-state index is 13.2. The molecular weight excluding hydrogens is 219 g/mol.